The number of aromatic nitrogens is 6. The van der Waals surface area contributed by atoms with Crippen molar-refractivity contribution in [1.82, 2.24) is 78.7 Å². The van der Waals surface area contributed by atoms with Crippen molar-refractivity contribution in [2.75, 3.05) is 91.6 Å². The monoisotopic (exact) mass is 1540 g/mol. The minimum absolute atomic E-state index is 0. The fourth-order valence-corrected chi connectivity index (χ4v) is 16.5. The van der Waals surface area contributed by atoms with E-state index in [4.69, 9.17) is 0 Å². The van der Waals surface area contributed by atoms with Gasteiger partial charge in [-0.15, -0.1) is 0 Å². The molecule has 32 nitrogen and oxygen atoms in total. The fraction of sp³-hybridized carbons (Fsp3) is 0.718. The smallest absolute Gasteiger partial charge is 0.328 e. The van der Waals surface area contributed by atoms with Crippen LogP contribution < -0.4 is 38.9 Å². The first-order valence-electron chi connectivity index (χ1n) is 38.4. The van der Waals surface area contributed by atoms with E-state index in [1.54, 1.807) is 19.6 Å². The lowest BCUT2D eigenvalue weighted by Crippen LogP contribution is -2.58. The van der Waals surface area contributed by atoms with Gasteiger partial charge in [-0.25, -0.2) is 14.4 Å². The number of nitrogens with one attached hydrogen (secondary N) is 5. The lowest BCUT2D eigenvalue weighted by molar-refractivity contribution is -0.146. The molecule has 0 radical (unpaired) electrons. The van der Waals surface area contributed by atoms with Crippen LogP contribution in [0.5, 0.6) is 0 Å². The predicted octanol–water partition coefficient (Wildman–Crippen LogP) is 3.89. The minimum Gasteiger partial charge on any atom is -0.342 e. The molecule has 9 aliphatic rings. The second-order valence-electron chi connectivity index (χ2n) is 30.8. The largest absolute Gasteiger partial charge is 0.342 e. The van der Waals surface area contributed by atoms with E-state index in [-0.39, 0.29) is 151 Å². The highest BCUT2D eigenvalue weighted by atomic mass is 16.2. The number of hydrogen-bond acceptors (Lipinski definition) is 16. The molecule has 110 heavy (non-hydrogen) atoms. The Balaban J connectivity index is 0.000000260. The highest BCUT2D eigenvalue weighted by molar-refractivity contribution is 6.03. The number of nitrogens with zero attached hydrogens (tertiary/aromatic N) is 11. The molecule has 12 rings (SSSR count). The third kappa shape index (κ3) is 23.6. The first-order valence-corrected chi connectivity index (χ1v) is 38.4. The third-order valence-electron chi connectivity index (χ3n) is 22.6. The van der Waals surface area contributed by atoms with Gasteiger partial charge >= 0.3 is 17.4 Å². The van der Waals surface area contributed by atoms with E-state index in [2.05, 4.69) is 67.0 Å². The number of likely N-dealkylation sites (tertiary alicyclic amines) is 8. The van der Waals surface area contributed by atoms with E-state index in [1.165, 1.54) is 41.0 Å². The van der Waals surface area contributed by atoms with E-state index in [1.807, 2.05) is 19.6 Å². The number of carbonyl (C=O) groups excluding carboxylic acids is 10. The summed E-state index contributed by atoms with van der Waals surface area (Å²) in [5.41, 5.74) is -2.36. The Labute approximate surface area is 645 Å². The molecular formula is C78H126N16O16. The van der Waals surface area contributed by atoms with Crippen molar-refractivity contribution in [3.05, 3.63) is 98.0 Å². The van der Waals surface area contributed by atoms with Crippen molar-refractivity contribution in [3.63, 3.8) is 0 Å². The van der Waals surface area contributed by atoms with Crippen LogP contribution in [-0.4, -0.2) is 248 Å². The van der Waals surface area contributed by atoms with E-state index >= 15 is 0 Å². The number of urea groups is 1. The minimum atomic E-state index is -0.575. The van der Waals surface area contributed by atoms with Gasteiger partial charge in [0.2, 0.25) is 53.2 Å². The van der Waals surface area contributed by atoms with Gasteiger partial charge in [0.05, 0.1) is 12.8 Å². The average molecular weight is 1540 g/mol. The lowest BCUT2D eigenvalue weighted by atomic mass is 9.83. The Kier molecular flexibility index (Phi) is 35.1. The molecule has 0 bridgehead atoms. The SMILES string of the molecule is C.C.C.C.CC(C)CCN1C(=O)CC[C@H]2CN(C(=O)Cc3cc(=O)[nH][nH]c3=O)CC[C@H]21.CC(C)CCN1C(=O)CC[C@H]2CN(C(=O)Cn3ccc(=O)[nH]c3=O)CC[C@H]21.CCCCN1C(=O)CC[C@@H]2CN(C(=O)CN3CC(=O)NC3=O)CC[C@@H]21.CCCCN1C(=O)CC[C@@H]2CN(C(=O)Cc3c[nH]c(=O)n(C)c3=O)CC[C@@H]21. The van der Waals surface area contributed by atoms with Crippen molar-refractivity contribution < 1.29 is 47.9 Å². The van der Waals surface area contributed by atoms with Crippen LogP contribution in [0.25, 0.3) is 0 Å². The molecule has 3 aromatic rings. The van der Waals surface area contributed by atoms with Gasteiger partial charge < -0.3 is 49.1 Å². The van der Waals surface area contributed by atoms with Crippen LogP contribution in [0.15, 0.2) is 53.3 Å². The van der Waals surface area contributed by atoms with Crippen molar-refractivity contribution in [2.24, 2.45) is 42.6 Å². The highest BCUT2D eigenvalue weighted by Crippen LogP contribution is 2.36. The second-order valence-corrected chi connectivity index (χ2v) is 30.8. The summed E-state index contributed by atoms with van der Waals surface area (Å²) in [5, 5.41) is 6.63. The summed E-state index contributed by atoms with van der Waals surface area (Å²) in [7, 11) is 1.39. The Hall–Kier alpha value is -9.26. The standard InChI is InChI=1S/3C19H28N4O4.C17H26N4O4.4CH4/c1-13(2)5-10-23-15-6-8-21(11-14(15)3-4-17(23)25)18(26)12-22-9-7-16(24)20-19(22)27;1-12(2)5-8-23-15-6-7-22(11-13(15)3-4-17(23)25)18(26)10-14-9-16(24)20-21-19(14)27;1-3-4-8-23-15-7-9-22(12-13(15)5-6-16(23)24)17(25)10-14-11-20-19(27)21(2)18(14)26;1-2-3-7-21-13-6-8-19(9-12(13)4-5-15(21)23)16(24)11-20-10-14(22)18-17(20)25;;;;/h7,9,13-15H,3-6,8,10-12H2,1-2H3,(H,20,24,27);9,12-13,15H,3-8,10-11H2,1-2H3,(H,20,24)(H,21,27);11,13,15H,3-10,12H2,1-2H3,(H,20,27);12-13H,2-11H2,1H3,(H,18,22,25);4*1H4/t14-,15+;2*13-,15+;12-,13+;;;;/m0011..../s1. The van der Waals surface area contributed by atoms with Crippen molar-refractivity contribution in [1.29, 1.82) is 0 Å². The number of amides is 11. The van der Waals surface area contributed by atoms with Crippen molar-refractivity contribution >= 4 is 59.2 Å². The molecule has 614 valence electrons. The Morgan fingerprint density at radius 1 is 0.482 bits per heavy atom. The average Bonchev–Trinajstić information content (AvgIpc) is 0.867. The molecule has 9 fully saturated rings. The van der Waals surface area contributed by atoms with E-state index in [9.17, 15) is 76.7 Å². The number of imide groups is 1. The van der Waals surface area contributed by atoms with Gasteiger partial charge in [-0.05, 0) is 113 Å². The van der Waals surface area contributed by atoms with Crippen LogP contribution in [0, 0.1) is 35.5 Å². The molecule has 5 N–H and O–H groups in total. The summed E-state index contributed by atoms with van der Waals surface area (Å²) in [6.45, 7) is 20.7. The van der Waals surface area contributed by atoms with Gasteiger partial charge in [0.25, 0.3) is 22.2 Å². The summed E-state index contributed by atoms with van der Waals surface area (Å²) < 4.78 is 2.20. The first kappa shape index (κ1) is 91.4. The Morgan fingerprint density at radius 2 is 0.882 bits per heavy atom. The maximum absolute atomic E-state index is 12.7. The normalized spacial score (nSPS) is 22.9. The van der Waals surface area contributed by atoms with Crippen LogP contribution in [0.2, 0.25) is 0 Å². The van der Waals surface area contributed by atoms with E-state index < -0.39 is 39.6 Å². The van der Waals surface area contributed by atoms with Crippen molar-refractivity contribution in [3.8, 4) is 0 Å². The van der Waals surface area contributed by atoms with E-state index in [0.717, 1.165) is 121 Å². The van der Waals surface area contributed by atoms with Crippen molar-refractivity contribution in [2.45, 2.75) is 230 Å². The summed E-state index contributed by atoms with van der Waals surface area (Å²) in [5.74, 6) is 2.35. The molecule has 0 unspecified atom stereocenters. The molecule has 3 aromatic heterocycles. The molecule has 0 spiro atoms. The van der Waals surface area contributed by atoms with Gasteiger partial charge in [0.15, 0.2) is 0 Å². The molecule has 9 aliphatic heterocycles. The number of carbonyl (C=O) groups is 10. The quantitative estimate of drug-likeness (QED) is 0.100. The van der Waals surface area contributed by atoms with E-state index in [0.29, 0.717) is 113 Å². The number of rotatable bonds is 20. The topological polar surface area (TPSA) is 387 Å². The lowest BCUT2D eigenvalue weighted by Gasteiger charge is -2.47. The van der Waals surface area contributed by atoms with Crippen LogP contribution in [0.3, 0.4) is 0 Å². The number of hydrogen-bond donors (Lipinski definition) is 5. The van der Waals surface area contributed by atoms with Gasteiger partial charge in [-0.3, -0.25) is 92.0 Å². The third-order valence-corrected chi connectivity index (χ3v) is 22.6. The summed E-state index contributed by atoms with van der Waals surface area (Å²) >= 11 is 0. The summed E-state index contributed by atoms with van der Waals surface area (Å²) in [4.78, 5) is 213. The Morgan fingerprint density at radius 3 is 1.27 bits per heavy atom. The number of aromatic amines is 4. The number of H-pyrrole nitrogens is 4. The highest BCUT2D eigenvalue weighted by Gasteiger charge is 2.45. The van der Waals surface area contributed by atoms with Crippen LogP contribution in [0.1, 0.15) is 198 Å². The summed E-state index contributed by atoms with van der Waals surface area (Å²) in [6.07, 6.45) is 17.3. The van der Waals surface area contributed by atoms with Gasteiger partial charge in [0.1, 0.15) is 19.6 Å². The van der Waals surface area contributed by atoms with Gasteiger partial charge in [0, 0.05) is 171 Å². The molecule has 0 saturated carbocycles. The van der Waals surface area contributed by atoms with Crippen LogP contribution >= 0.6 is 0 Å². The fourth-order valence-electron chi connectivity index (χ4n) is 16.5. The van der Waals surface area contributed by atoms with Gasteiger partial charge in [-0.2, -0.15) is 0 Å². The molecular weight excluding hydrogens is 1420 g/mol. The van der Waals surface area contributed by atoms with Crippen LogP contribution in [0.4, 0.5) is 4.79 Å². The molecule has 0 aliphatic carbocycles. The maximum atomic E-state index is 12.7. The zero-order valence-electron chi connectivity index (χ0n) is 62.8. The van der Waals surface area contributed by atoms with Crippen LogP contribution in [-0.2, 0) is 69.6 Å². The molecule has 8 atom stereocenters. The number of fused-ring (bicyclic) bond motifs is 4. The molecule has 9 saturated heterocycles. The molecule has 0 aromatic carbocycles. The Bertz CT molecular complexity index is 4040. The zero-order valence-corrected chi connectivity index (χ0v) is 62.8. The second kappa shape index (κ2) is 42.2. The maximum Gasteiger partial charge on any atom is 0.328 e. The van der Waals surface area contributed by atoms with Gasteiger partial charge in [-0.1, -0.05) is 84.1 Å². The zero-order chi connectivity index (χ0) is 76.6. The number of unbranched alkanes of at least 4 members (excludes halogenated alkanes) is 2. The molecule has 32 heteroatoms. The first-order chi connectivity index (χ1) is 50.6. The molecule has 12 heterocycles. The number of piperidine rings is 8. The molecule has 11 amide bonds. The predicted molar refractivity (Wildman–Crippen MR) is 417 cm³/mol. The summed E-state index contributed by atoms with van der Waals surface area (Å²) in [6, 6.07) is 2.79.